The number of nitrogens with zero attached hydrogens (tertiary/aromatic N) is 4. The third-order valence-corrected chi connectivity index (χ3v) is 18.0. The minimum atomic E-state index is -0.352. The molecule has 2 bridgehead atoms. The van der Waals surface area contributed by atoms with E-state index >= 15 is 0 Å². The van der Waals surface area contributed by atoms with Crippen molar-refractivity contribution in [2.75, 3.05) is 0 Å². The van der Waals surface area contributed by atoms with Crippen LogP contribution in [0.1, 0.15) is 77.6 Å². The lowest BCUT2D eigenvalue weighted by Gasteiger charge is -2.30. The maximum absolute atomic E-state index is 5.51. The minimum Gasteiger partial charge on any atom is -0.308 e. The van der Waals surface area contributed by atoms with Crippen molar-refractivity contribution < 1.29 is 0 Å². The first-order valence-corrected chi connectivity index (χ1v) is 27.4. The van der Waals surface area contributed by atoms with Gasteiger partial charge >= 0.3 is 0 Å². The Morgan fingerprint density at radius 3 is 1.53 bits per heavy atom. The zero-order chi connectivity index (χ0) is 50.4. The normalized spacial score (nSPS) is 13.5. The van der Waals surface area contributed by atoms with Gasteiger partial charge in [-0.15, -0.1) is 22.7 Å². The fourth-order valence-corrected chi connectivity index (χ4v) is 13.8. The zero-order valence-electron chi connectivity index (χ0n) is 42.9. The van der Waals surface area contributed by atoms with E-state index in [1.54, 1.807) is 0 Å². The minimum absolute atomic E-state index is 0.0350. The molecule has 0 spiro atoms. The Morgan fingerprint density at radius 2 is 0.919 bits per heavy atom. The molecule has 6 heteroatoms. The molecule has 0 atom stereocenters. The van der Waals surface area contributed by atoms with Crippen molar-refractivity contribution in [1.82, 2.24) is 19.5 Å². The van der Waals surface area contributed by atoms with Crippen LogP contribution in [0.5, 0.6) is 0 Å². The Hall–Kier alpha value is -7.77. The van der Waals surface area contributed by atoms with Gasteiger partial charge in [0.15, 0.2) is 17.5 Å². The molecule has 0 aliphatic carbocycles. The number of hydrogen-bond acceptors (Lipinski definition) is 5. The first kappa shape index (κ1) is 44.9. The summed E-state index contributed by atoms with van der Waals surface area (Å²) in [5.41, 5.74) is 15.7. The van der Waals surface area contributed by atoms with Gasteiger partial charge in [-0.1, -0.05) is 183 Å². The highest BCUT2D eigenvalue weighted by Gasteiger charge is 2.34. The van der Waals surface area contributed by atoms with Gasteiger partial charge in [-0.3, -0.25) is 0 Å². The standard InChI is InChI=1S/C68H54N4S2/c1-66(2,3)44-27-30-56-53(36-44)54-37-46(67(4,5)6)38-55-62(54)72(56)61-51(39-17-10-9-11-18-39)32-43(33-52(61)40-19-16-20-45(31-40)68(55,7)8)65-70-63(41-25-28-49-47-21-12-14-23-57(47)73-59(49)34-41)69-64(71-65)42-26-29-50-48-22-13-15-24-58(48)74-60(50)35-42/h9-38H,1-8H3. The second-order valence-electron chi connectivity index (χ2n) is 22.9. The fraction of sp³-hybridized carbons (Fsp3) is 0.162. The number of thiophene rings is 2. The molecule has 1 aliphatic heterocycles. The third kappa shape index (κ3) is 7.02. The number of fused-ring (bicyclic) bond motifs is 14. The van der Waals surface area contributed by atoms with Crippen LogP contribution in [0.15, 0.2) is 182 Å². The largest absolute Gasteiger partial charge is 0.308 e. The maximum atomic E-state index is 5.51. The average Bonchev–Trinajstić information content (AvgIpc) is 4.09. The lowest BCUT2D eigenvalue weighted by atomic mass is 9.74. The van der Waals surface area contributed by atoms with Gasteiger partial charge in [0.1, 0.15) is 0 Å². The summed E-state index contributed by atoms with van der Waals surface area (Å²) in [5, 5.41) is 7.57. The topological polar surface area (TPSA) is 43.6 Å². The molecular weight excluding hydrogens is 937 g/mol. The van der Waals surface area contributed by atoms with Gasteiger partial charge in [-0.05, 0) is 98.8 Å². The Balaban J connectivity index is 1.09. The SMILES string of the molecule is CC(C)(C)c1ccc2c(c1)c1cc(C(C)(C)C)cc3c1n2-c1c(-c2ccccc2)cc(-c2nc(-c4ccc5c(c4)sc4ccccc45)nc(-c4ccc5c(c4)sc4ccccc45)n2)cc1-c1cccc(c1)C3(C)C. The van der Waals surface area contributed by atoms with E-state index in [-0.39, 0.29) is 16.2 Å². The van der Waals surface area contributed by atoms with Gasteiger partial charge in [-0.2, -0.15) is 0 Å². The van der Waals surface area contributed by atoms with Crippen molar-refractivity contribution in [3.8, 4) is 62.1 Å². The number of benzene rings is 9. The van der Waals surface area contributed by atoms with Crippen LogP contribution in [0.2, 0.25) is 0 Å². The second-order valence-corrected chi connectivity index (χ2v) is 25.1. The first-order valence-electron chi connectivity index (χ1n) is 25.7. The molecule has 0 saturated heterocycles. The summed E-state index contributed by atoms with van der Waals surface area (Å²) < 4.78 is 7.57. The molecule has 0 radical (unpaired) electrons. The second kappa shape index (κ2) is 16.1. The monoisotopic (exact) mass is 990 g/mol. The van der Waals surface area contributed by atoms with Crippen molar-refractivity contribution in [1.29, 1.82) is 0 Å². The lowest BCUT2D eigenvalue weighted by molar-refractivity contribution is 0.584. The molecule has 358 valence electrons. The molecule has 14 rings (SSSR count). The zero-order valence-corrected chi connectivity index (χ0v) is 44.6. The van der Waals surface area contributed by atoms with Crippen LogP contribution in [-0.4, -0.2) is 19.5 Å². The van der Waals surface area contributed by atoms with Crippen LogP contribution in [0.4, 0.5) is 0 Å². The molecule has 0 N–H and O–H groups in total. The molecule has 0 unspecified atom stereocenters. The van der Waals surface area contributed by atoms with Crippen molar-refractivity contribution in [3.05, 3.63) is 204 Å². The summed E-state index contributed by atoms with van der Waals surface area (Å²) >= 11 is 3.62. The number of hydrogen-bond donors (Lipinski definition) is 0. The quantitative estimate of drug-likeness (QED) is 0.176. The Bertz CT molecular complexity index is 4340. The van der Waals surface area contributed by atoms with Crippen LogP contribution < -0.4 is 0 Å². The van der Waals surface area contributed by atoms with E-state index in [4.69, 9.17) is 15.0 Å². The van der Waals surface area contributed by atoms with Crippen LogP contribution in [0.3, 0.4) is 0 Å². The molecule has 5 heterocycles. The molecule has 0 saturated carbocycles. The molecule has 9 aromatic carbocycles. The molecule has 0 amide bonds. The molecule has 1 aliphatic rings. The average molecular weight is 991 g/mol. The van der Waals surface area contributed by atoms with Gasteiger partial charge in [-0.25, -0.2) is 15.0 Å². The first-order chi connectivity index (χ1) is 35.7. The summed E-state index contributed by atoms with van der Waals surface area (Å²) in [6, 6.07) is 67.8. The van der Waals surface area contributed by atoms with E-state index in [9.17, 15) is 0 Å². The summed E-state index contributed by atoms with van der Waals surface area (Å²) in [6.45, 7) is 18.8. The van der Waals surface area contributed by atoms with Crippen LogP contribution in [-0.2, 0) is 16.2 Å². The highest BCUT2D eigenvalue weighted by Crippen LogP contribution is 2.51. The van der Waals surface area contributed by atoms with Crippen molar-refractivity contribution in [2.24, 2.45) is 0 Å². The lowest BCUT2D eigenvalue weighted by Crippen LogP contribution is -2.22. The van der Waals surface area contributed by atoms with Crippen molar-refractivity contribution in [3.63, 3.8) is 0 Å². The van der Waals surface area contributed by atoms with E-state index in [1.165, 1.54) is 84.4 Å². The highest BCUT2D eigenvalue weighted by atomic mass is 32.1. The van der Waals surface area contributed by atoms with E-state index in [1.807, 2.05) is 22.7 Å². The predicted octanol–water partition coefficient (Wildman–Crippen LogP) is 19.3. The summed E-state index contributed by atoms with van der Waals surface area (Å²) in [7, 11) is 0. The summed E-state index contributed by atoms with van der Waals surface area (Å²) in [6.07, 6.45) is 0. The van der Waals surface area contributed by atoms with Gasteiger partial charge in [0.05, 0.1) is 16.7 Å². The Labute approximate surface area is 439 Å². The Morgan fingerprint density at radius 1 is 0.392 bits per heavy atom. The van der Waals surface area contributed by atoms with Crippen LogP contribution in [0, 0.1) is 0 Å². The van der Waals surface area contributed by atoms with E-state index < -0.39 is 0 Å². The summed E-state index contributed by atoms with van der Waals surface area (Å²) in [4.78, 5) is 16.4. The smallest absolute Gasteiger partial charge is 0.164 e. The van der Waals surface area contributed by atoms with Gasteiger partial charge in [0, 0.05) is 84.3 Å². The van der Waals surface area contributed by atoms with Crippen LogP contribution in [0.25, 0.3) is 124 Å². The summed E-state index contributed by atoms with van der Waals surface area (Å²) in [5.74, 6) is 1.91. The van der Waals surface area contributed by atoms with Gasteiger partial charge in [0.25, 0.3) is 0 Å². The molecule has 74 heavy (non-hydrogen) atoms. The predicted molar refractivity (Wildman–Crippen MR) is 317 cm³/mol. The fourth-order valence-electron chi connectivity index (χ4n) is 11.5. The van der Waals surface area contributed by atoms with E-state index in [0.717, 1.165) is 44.6 Å². The van der Waals surface area contributed by atoms with Crippen molar-refractivity contribution >= 4 is 84.8 Å². The van der Waals surface area contributed by atoms with Gasteiger partial charge in [0.2, 0.25) is 0 Å². The third-order valence-electron chi connectivity index (χ3n) is 15.7. The molecule has 4 aromatic heterocycles. The van der Waals surface area contributed by atoms with E-state index in [2.05, 4.69) is 242 Å². The highest BCUT2D eigenvalue weighted by molar-refractivity contribution is 7.26. The molecule has 13 aromatic rings. The number of aromatic nitrogens is 4. The molecule has 4 nitrogen and oxygen atoms in total. The number of rotatable bonds is 4. The Kier molecular flexibility index (Phi) is 9.78. The van der Waals surface area contributed by atoms with Gasteiger partial charge < -0.3 is 4.57 Å². The molecule has 0 fully saturated rings. The molecular formula is C68H54N4S2. The maximum Gasteiger partial charge on any atom is 0.164 e. The van der Waals surface area contributed by atoms with Crippen molar-refractivity contribution in [2.45, 2.75) is 71.6 Å². The van der Waals surface area contributed by atoms with E-state index in [0.29, 0.717) is 17.5 Å². The van der Waals surface area contributed by atoms with Crippen LogP contribution >= 0.6 is 22.7 Å².